The number of aryl methyl sites for hydroxylation is 1. The van der Waals surface area contributed by atoms with Gasteiger partial charge in [-0.2, -0.15) is 11.3 Å². The van der Waals surface area contributed by atoms with Crippen LogP contribution >= 0.6 is 11.3 Å². The highest BCUT2D eigenvalue weighted by Crippen LogP contribution is 2.25. The first-order valence-corrected chi connectivity index (χ1v) is 12.7. The Morgan fingerprint density at radius 2 is 1.04 bits per heavy atom. The van der Waals surface area contributed by atoms with Gasteiger partial charge in [0.25, 0.3) is 0 Å². The van der Waals surface area contributed by atoms with Gasteiger partial charge in [0.15, 0.2) is 0 Å². The third kappa shape index (κ3) is 12.2. The van der Waals surface area contributed by atoms with E-state index in [0.717, 1.165) is 0 Å². The van der Waals surface area contributed by atoms with Crippen LogP contribution < -0.4 is 0 Å². The van der Waals surface area contributed by atoms with Crippen LogP contribution in [-0.4, -0.2) is 0 Å². The highest BCUT2D eigenvalue weighted by atomic mass is 32.1. The van der Waals surface area contributed by atoms with E-state index in [1.807, 2.05) is 11.3 Å². The lowest BCUT2D eigenvalue weighted by Crippen LogP contribution is -1.92. The quantitative estimate of drug-likeness (QED) is 0.223. The Labute approximate surface area is 169 Å². The minimum Gasteiger partial charge on any atom is -0.152 e. The van der Waals surface area contributed by atoms with Crippen molar-refractivity contribution in [3.05, 3.63) is 21.9 Å². The number of unbranched alkanes of at least 4 members (excludes halogenated alkanes) is 15. The number of rotatable bonds is 18. The SMILES string of the molecule is CCCCCCCCCCCCCCCCCCc1cscc1C(C)C. The summed E-state index contributed by atoms with van der Waals surface area (Å²) in [4.78, 5) is 0. The van der Waals surface area contributed by atoms with Crippen LogP contribution in [0.1, 0.15) is 141 Å². The topological polar surface area (TPSA) is 0 Å². The molecule has 0 aliphatic rings. The predicted octanol–water partition coefficient (Wildman–Crippen LogP) is 9.68. The molecule has 0 aliphatic heterocycles. The summed E-state index contributed by atoms with van der Waals surface area (Å²) in [6, 6.07) is 0. The van der Waals surface area contributed by atoms with Gasteiger partial charge < -0.3 is 0 Å². The molecule has 26 heavy (non-hydrogen) atoms. The summed E-state index contributed by atoms with van der Waals surface area (Å²) in [5.74, 6) is 0.692. The van der Waals surface area contributed by atoms with Crippen molar-refractivity contribution in [1.29, 1.82) is 0 Å². The molecule has 0 fully saturated rings. The van der Waals surface area contributed by atoms with E-state index in [2.05, 4.69) is 31.5 Å². The van der Waals surface area contributed by atoms with Crippen molar-refractivity contribution >= 4 is 11.3 Å². The van der Waals surface area contributed by atoms with Crippen molar-refractivity contribution in [3.8, 4) is 0 Å². The second-order valence-electron chi connectivity index (χ2n) is 8.56. The molecule has 0 spiro atoms. The maximum absolute atomic E-state index is 2.38. The van der Waals surface area contributed by atoms with Crippen molar-refractivity contribution in [2.75, 3.05) is 0 Å². The zero-order valence-electron chi connectivity index (χ0n) is 18.2. The van der Waals surface area contributed by atoms with Crippen LogP contribution in [-0.2, 0) is 6.42 Å². The van der Waals surface area contributed by atoms with Crippen molar-refractivity contribution in [3.63, 3.8) is 0 Å². The molecule has 0 radical (unpaired) electrons. The fraction of sp³-hybridized carbons (Fsp3) is 0.840. The molecule has 1 heteroatoms. The molecule has 0 atom stereocenters. The standard InChI is InChI=1S/C25H46S/c1-4-5-6-7-8-9-10-11-12-13-14-15-16-17-18-19-20-24-21-26-22-25(24)23(2)3/h21-23H,4-20H2,1-3H3. The van der Waals surface area contributed by atoms with Crippen molar-refractivity contribution in [2.24, 2.45) is 0 Å². The molecule has 0 bridgehead atoms. The van der Waals surface area contributed by atoms with Crippen molar-refractivity contribution in [1.82, 2.24) is 0 Å². The summed E-state index contributed by atoms with van der Waals surface area (Å²) in [6.45, 7) is 6.94. The Balaban J connectivity index is 1.79. The summed E-state index contributed by atoms with van der Waals surface area (Å²) in [5, 5.41) is 4.73. The van der Waals surface area contributed by atoms with E-state index in [0.29, 0.717) is 5.92 Å². The van der Waals surface area contributed by atoms with Gasteiger partial charge in [0.1, 0.15) is 0 Å². The lowest BCUT2D eigenvalue weighted by atomic mass is 9.98. The van der Waals surface area contributed by atoms with Gasteiger partial charge in [-0.25, -0.2) is 0 Å². The molecule has 0 amide bonds. The van der Waals surface area contributed by atoms with E-state index in [1.54, 1.807) is 11.1 Å². The summed E-state index contributed by atoms with van der Waals surface area (Å²) in [5.41, 5.74) is 3.21. The maximum Gasteiger partial charge on any atom is -0.00558 e. The van der Waals surface area contributed by atoms with Gasteiger partial charge in [-0.15, -0.1) is 0 Å². The second-order valence-corrected chi connectivity index (χ2v) is 9.30. The van der Waals surface area contributed by atoms with Gasteiger partial charge in [-0.3, -0.25) is 0 Å². The van der Waals surface area contributed by atoms with E-state index in [9.17, 15) is 0 Å². The van der Waals surface area contributed by atoms with Gasteiger partial charge >= 0.3 is 0 Å². The average molecular weight is 379 g/mol. The predicted molar refractivity (Wildman–Crippen MR) is 122 cm³/mol. The van der Waals surface area contributed by atoms with E-state index >= 15 is 0 Å². The van der Waals surface area contributed by atoms with Crippen molar-refractivity contribution < 1.29 is 0 Å². The molecule has 1 heterocycles. The fourth-order valence-corrected chi connectivity index (χ4v) is 4.96. The highest BCUT2D eigenvalue weighted by molar-refractivity contribution is 7.08. The molecular weight excluding hydrogens is 332 g/mol. The molecule has 1 aromatic heterocycles. The van der Waals surface area contributed by atoms with Gasteiger partial charge in [-0.1, -0.05) is 117 Å². The Kier molecular flexibility index (Phi) is 15.4. The summed E-state index contributed by atoms with van der Waals surface area (Å²) < 4.78 is 0. The zero-order chi connectivity index (χ0) is 18.9. The number of hydrogen-bond donors (Lipinski definition) is 0. The van der Waals surface area contributed by atoms with Crippen LogP contribution in [0.4, 0.5) is 0 Å². The third-order valence-electron chi connectivity index (χ3n) is 5.70. The van der Waals surface area contributed by atoms with Crippen LogP contribution in [0.2, 0.25) is 0 Å². The van der Waals surface area contributed by atoms with Gasteiger partial charge in [0, 0.05) is 0 Å². The fourth-order valence-electron chi connectivity index (χ4n) is 3.91. The molecule has 0 unspecified atom stereocenters. The molecule has 0 aliphatic carbocycles. The average Bonchev–Trinajstić information content (AvgIpc) is 3.10. The van der Waals surface area contributed by atoms with E-state index in [4.69, 9.17) is 0 Å². The van der Waals surface area contributed by atoms with E-state index in [1.165, 1.54) is 109 Å². The Morgan fingerprint density at radius 3 is 1.46 bits per heavy atom. The second kappa shape index (κ2) is 16.8. The van der Waals surface area contributed by atoms with Gasteiger partial charge in [-0.05, 0) is 40.6 Å². The molecule has 1 aromatic rings. The number of hydrogen-bond acceptors (Lipinski definition) is 1. The Hall–Kier alpha value is -0.300. The smallest absolute Gasteiger partial charge is 0.00558 e. The van der Waals surface area contributed by atoms with E-state index in [-0.39, 0.29) is 0 Å². The zero-order valence-corrected chi connectivity index (χ0v) is 19.0. The van der Waals surface area contributed by atoms with E-state index < -0.39 is 0 Å². The van der Waals surface area contributed by atoms with Crippen molar-refractivity contribution in [2.45, 2.75) is 136 Å². The van der Waals surface area contributed by atoms with Crippen LogP contribution in [0.3, 0.4) is 0 Å². The lowest BCUT2D eigenvalue weighted by molar-refractivity contribution is 0.529. The minimum atomic E-state index is 0.692. The number of thiophene rings is 1. The van der Waals surface area contributed by atoms with Gasteiger partial charge in [0.05, 0.1) is 0 Å². The summed E-state index contributed by atoms with van der Waals surface area (Å²) in [6.07, 6.45) is 24.5. The molecular formula is C25H46S. The molecule has 0 N–H and O–H groups in total. The molecule has 152 valence electrons. The molecule has 0 nitrogen and oxygen atoms in total. The normalized spacial score (nSPS) is 11.5. The monoisotopic (exact) mass is 378 g/mol. The molecule has 0 saturated carbocycles. The Morgan fingerprint density at radius 1 is 0.615 bits per heavy atom. The summed E-state index contributed by atoms with van der Waals surface area (Å²) >= 11 is 1.88. The third-order valence-corrected chi connectivity index (χ3v) is 6.51. The first kappa shape index (κ1) is 23.7. The molecule has 0 aromatic carbocycles. The lowest BCUT2D eigenvalue weighted by Gasteiger charge is -2.07. The maximum atomic E-state index is 2.38. The van der Waals surface area contributed by atoms with Crippen LogP contribution in [0, 0.1) is 0 Å². The molecule has 1 rings (SSSR count). The largest absolute Gasteiger partial charge is 0.152 e. The summed E-state index contributed by atoms with van der Waals surface area (Å²) in [7, 11) is 0. The Bertz CT molecular complexity index is 404. The van der Waals surface area contributed by atoms with Crippen LogP contribution in [0.15, 0.2) is 10.8 Å². The first-order chi connectivity index (χ1) is 12.8. The van der Waals surface area contributed by atoms with Crippen LogP contribution in [0.25, 0.3) is 0 Å². The first-order valence-electron chi connectivity index (χ1n) is 11.8. The van der Waals surface area contributed by atoms with Gasteiger partial charge in [0.2, 0.25) is 0 Å². The highest BCUT2D eigenvalue weighted by Gasteiger charge is 2.07. The van der Waals surface area contributed by atoms with Crippen LogP contribution in [0.5, 0.6) is 0 Å². The minimum absolute atomic E-state index is 0.692. The molecule has 0 saturated heterocycles.